The maximum atomic E-state index is 11.4. The molecule has 3 rings (SSSR count). The van der Waals surface area contributed by atoms with Gasteiger partial charge in [-0.2, -0.15) is 0 Å². The summed E-state index contributed by atoms with van der Waals surface area (Å²) in [5, 5.41) is 3.30. The van der Waals surface area contributed by atoms with Gasteiger partial charge < -0.3 is 10.3 Å². The Morgan fingerprint density at radius 2 is 2.11 bits per heavy atom. The fourth-order valence-electron chi connectivity index (χ4n) is 2.08. The molecule has 2 atom stereocenters. The Morgan fingerprint density at radius 1 is 1.33 bits per heavy atom. The predicted molar refractivity (Wildman–Crippen MR) is 73.8 cm³/mol. The Labute approximate surface area is 113 Å². The largest absolute Gasteiger partial charge is 0.366 e. The van der Waals surface area contributed by atoms with Crippen molar-refractivity contribution in [1.29, 1.82) is 0 Å². The van der Waals surface area contributed by atoms with Crippen molar-refractivity contribution in [1.82, 2.24) is 9.97 Å². The molecule has 4 nitrogen and oxygen atoms in total. The van der Waals surface area contributed by atoms with E-state index in [4.69, 9.17) is 0 Å². The summed E-state index contributed by atoms with van der Waals surface area (Å²) in [5.41, 5.74) is 1.17. The molecule has 92 valence electrons. The van der Waals surface area contributed by atoms with Crippen LogP contribution >= 0.6 is 15.9 Å². The molecule has 1 aromatic heterocycles. The third kappa shape index (κ3) is 2.18. The number of aromatic amines is 1. The molecule has 0 radical (unpaired) electrons. The lowest BCUT2D eigenvalue weighted by atomic mass is 10.1. The minimum absolute atomic E-state index is 0.163. The molecular formula is C13H12BrN3O. The summed E-state index contributed by atoms with van der Waals surface area (Å²) < 4.78 is 0.462. The lowest BCUT2D eigenvalue weighted by Gasteiger charge is -2.06. The molecule has 5 heteroatoms. The molecular weight excluding hydrogens is 294 g/mol. The summed E-state index contributed by atoms with van der Waals surface area (Å²) in [6.45, 7) is 0. The van der Waals surface area contributed by atoms with E-state index in [9.17, 15) is 4.79 Å². The van der Waals surface area contributed by atoms with Crippen LogP contribution in [0.3, 0.4) is 0 Å². The topological polar surface area (TPSA) is 57.8 Å². The standard InChI is InChI=1S/C13H12BrN3O/c14-11-12(15-7-16-13(11)18)17-10-6-9(10)8-4-2-1-3-5-8/h1-5,7,9-10H,6H2,(H2,15,16,17,18). The van der Waals surface area contributed by atoms with Gasteiger partial charge in [0.15, 0.2) is 0 Å². The number of hydrogen-bond donors (Lipinski definition) is 2. The van der Waals surface area contributed by atoms with Crippen LogP contribution in [0.5, 0.6) is 0 Å². The first-order valence-corrected chi connectivity index (χ1v) is 6.59. The number of benzene rings is 1. The summed E-state index contributed by atoms with van der Waals surface area (Å²) in [5.74, 6) is 1.13. The van der Waals surface area contributed by atoms with E-state index in [2.05, 4.69) is 43.3 Å². The van der Waals surface area contributed by atoms with Crippen LogP contribution in [0.4, 0.5) is 5.82 Å². The molecule has 1 heterocycles. The summed E-state index contributed by atoms with van der Waals surface area (Å²) in [4.78, 5) is 18.1. The molecule has 1 saturated carbocycles. The molecule has 2 N–H and O–H groups in total. The van der Waals surface area contributed by atoms with E-state index in [0.29, 0.717) is 22.3 Å². The van der Waals surface area contributed by atoms with Gasteiger partial charge in [-0.3, -0.25) is 4.79 Å². The number of nitrogens with zero attached hydrogens (tertiary/aromatic N) is 1. The minimum Gasteiger partial charge on any atom is -0.366 e. The number of halogens is 1. The van der Waals surface area contributed by atoms with Crippen molar-refractivity contribution in [2.24, 2.45) is 0 Å². The second-order valence-electron chi connectivity index (χ2n) is 4.40. The van der Waals surface area contributed by atoms with Crippen LogP contribution in [0.2, 0.25) is 0 Å². The molecule has 1 aliphatic carbocycles. The van der Waals surface area contributed by atoms with E-state index < -0.39 is 0 Å². The van der Waals surface area contributed by atoms with Gasteiger partial charge in [0.1, 0.15) is 10.3 Å². The highest BCUT2D eigenvalue weighted by Crippen LogP contribution is 2.42. The number of aromatic nitrogens is 2. The molecule has 1 aliphatic rings. The first kappa shape index (κ1) is 11.5. The highest BCUT2D eigenvalue weighted by atomic mass is 79.9. The fourth-order valence-corrected chi connectivity index (χ4v) is 2.41. The zero-order valence-electron chi connectivity index (χ0n) is 9.56. The van der Waals surface area contributed by atoms with E-state index in [0.717, 1.165) is 6.42 Å². The zero-order chi connectivity index (χ0) is 12.5. The van der Waals surface area contributed by atoms with Gasteiger partial charge in [-0.25, -0.2) is 4.98 Å². The second kappa shape index (κ2) is 4.57. The maximum absolute atomic E-state index is 11.4. The van der Waals surface area contributed by atoms with E-state index >= 15 is 0 Å². The fraction of sp³-hybridized carbons (Fsp3) is 0.231. The van der Waals surface area contributed by atoms with Crippen molar-refractivity contribution in [3.05, 3.63) is 57.0 Å². The van der Waals surface area contributed by atoms with Gasteiger partial charge in [0, 0.05) is 12.0 Å². The van der Waals surface area contributed by atoms with E-state index in [1.54, 1.807) is 0 Å². The van der Waals surface area contributed by atoms with Gasteiger partial charge >= 0.3 is 0 Å². The van der Waals surface area contributed by atoms with Gasteiger partial charge in [0.2, 0.25) is 0 Å². The Hall–Kier alpha value is -1.62. The molecule has 1 aromatic carbocycles. The maximum Gasteiger partial charge on any atom is 0.267 e. The monoisotopic (exact) mass is 305 g/mol. The molecule has 0 spiro atoms. The van der Waals surface area contributed by atoms with Crippen molar-refractivity contribution in [3.8, 4) is 0 Å². The molecule has 2 unspecified atom stereocenters. The lowest BCUT2D eigenvalue weighted by molar-refractivity contribution is 1.01. The first-order chi connectivity index (χ1) is 8.75. The van der Waals surface area contributed by atoms with Gasteiger partial charge in [-0.15, -0.1) is 0 Å². The molecule has 0 aliphatic heterocycles. The molecule has 2 aromatic rings. The number of H-pyrrole nitrogens is 1. The van der Waals surface area contributed by atoms with Gasteiger partial charge in [-0.05, 0) is 27.9 Å². The number of anilines is 1. The summed E-state index contributed by atoms with van der Waals surface area (Å²) >= 11 is 3.24. The van der Waals surface area contributed by atoms with Crippen LogP contribution in [0.25, 0.3) is 0 Å². The smallest absolute Gasteiger partial charge is 0.267 e. The number of hydrogen-bond acceptors (Lipinski definition) is 3. The average Bonchev–Trinajstić information content (AvgIpc) is 3.15. The predicted octanol–water partition coefficient (Wildman–Crippen LogP) is 2.50. The van der Waals surface area contributed by atoms with Crippen LogP contribution in [-0.4, -0.2) is 16.0 Å². The summed E-state index contributed by atoms with van der Waals surface area (Å²) in [7, 11) is 0. The summed E-state index contributed by atoms with van der Waals surface area (Å²) in [6, 6.07) is 10.7. The summed E-state index contributed by atoms with van der Waals surface area (Å²) in [6.07, 6.45) is 2.49. The molecule has 1 fully saturated rings. The van der Waals surface area contributed by atoms with Gasteiger partial charge in [0.25, 0.3) is 5.56 Å². The van der Waals surface area contributed by atoms with Crippen LogP contribution in [0.1, 0.15) is 17.9 Å². The average molecular weight is 306 g/mol. The van der Waals surface area contributed by atoms with Crippen LogP contribution in [0.15, 0.2) is 45.9 Å². The van der Waals surface area contributed by atoms with Crippen LogP contribution in [-0.2, 0) is 0 Å². The third-order valence-corrected chi connectivity index (χ3v) is 3.87. The quantitative estimate of drug-likeness (QED) is 0.916. The lowest BCUT2D eigenvalue weighted by Crippen LogP contribution is -2.14. The molecule has 0 saturated heterocycles. The van der Waals surface area contributed by atoms with Crippen LogP contribution in [0, 0.1) is 0 Å². The van der Waals surface area contributed by atoms with Crippen molar-refractivity contribution in [2.45, 2.75) is 18.4 Å². The molecule has 18 heavy (non-hydrogen) atoms. The van der Waals surface area contributed by atoms with E-state index in [1.807, 2.05) is 18.2 Å². The van der Waals surface area contributed by atoms with Gasteiger partial charge in [0.05, 0.1) is 6.33 Å². The minimum atomic E-state index is -0.163. The first-order valence-electron chi connectivity index (χ1n) is 5.80. The zero-order valence-corrected chi connectivity index (χ0v) is 11.1. The number of nitrogens with one attached hydrogen (secondary N) is 2. The van der Waals surface area contributed by atoms with Crippen LogP contribution < -0.4 is 10.9 Å². The Bertz CT molecular complexity index is 611. The molecule has 0 amide bonds. The van der Waals surface area contributed by atoms with Crippen molar-refractivity contribution in [2.75, 3.05) is 5.32 Å². The third-order valence-electron chi connectivity index (χ3n) is 3.14. The van der Waals surface area contributed by atoms with Gasteiger partial charge in [-0.1, -0.05) is 30.3 Å². The Morgan fingerprint density at radius 3 is 2.89 bits per heavy atom. The van der Waals surface area contributed by atoms with Crippen molar-refractivity contribution < 1.29 is 0 Å². The Balaban J connectivity index is 1.73. The molecule has 0 bridgehead atoms. The van der Waals surface area contributed by atoms with E-state index in [1.165, 1.54) is 11.9 Å². The van der Waals surface area contributed by atoms with Crippen molar-refractivity contribution >= 4 is 21.7 Å². The SMILES string of the molecule is O=c1[nH]cnc(NC2CC2c2ccccc2)c1Br. The Kier molecular flexibility index (Phi) is 2.91. The highest BCUT2D eigenvalue weighted by molar-refractivity contribution is 9.10. The van der Waals surface area contributed by atoms with E-state index in [-0.39, 0.29) is 5.56 Å². The van der Waals surface area contributed by atoms with Crippen molar-refractivity contribution in [3.63, 3.8) is 0 Å². The normalized spacial score (nSPS) is 21.6. The second-order valence-corrected chi connectivity index (χ2v) is 5.19. The highest BCUT2D eigenvalue weighted by Gasteiger charge is 2.38. The number of rotatable bonds is 3.